The molecule has 0 bridgehead atoms. The summed E-state index contributed by atoms with van der Waals surface area (Å²) >= 11 is 1.51. The van der Waals surface area contributed by atoms with Crippen molar-refractivity contribution in [3.8, 4) is 0 Å². The van der Waals surface area contributed by atoms with Crippen molar-refractivity contribution in [3.63, 3.8) is 0 Å². The lowest BCUT2D eigenvalue weighted by Gasteiger charge is -2.37. The fourth-order valence-corrected chi connectivity index (χ4v) is 2.48. The molecule has 0 saturated carbocycles. The first-order chi connectivity index (χ1) is 6.57. The van der Waals surface area contributed by atoms with Gasteiger partial charge in [0.05, 0.1) is 0 Å². The highest BCUT2D eigenvalue weighted by atomic mass is 32.1. The van der Waals surface area contributed by atoms with Crippen LogP contribution in [0.3, 0.4) is 0 Å². The highest BCUT2D eigenvalue weighted by molar-refractivity contribution is 7.10. The first kappa shape index (κ1) is 9.77. The molecule has 0 radical (unpaired) electrons. The Morgan fingerprint density at radius 1 is 1.43 bits per heavy atom. The molecule has 0 aliphatic carbocycles. The van der Waals surface area contributed by atoms with E-state index < -0.39 is 0 Å². The first-order valence-corrected chi connectivity index (χ1v) is 5.81. The van der Waals surface area contributed by atoms with E-state index in [2.05, 4.69) is 23.1 Å². The van der Waals surface area contributed by atoms with Crippen LogP contribution in [0.25, 0.3) is 0 Å². The summed E-state index contributed by atoms with van der Waals surface area (Å²) in [6.45, 7) is 6.94. The summed E-state index contributed by atoms with van der Waals surface area (Å²) in [6.07, 6.45) is 2.51. The van der Waals surface area contributed by atoms with Gasteiger partial charge in [-0.05, 0) is 29.8 Å². The van der Waals surface area contributed by atoms with Gasteiger partial charge in [0.25, 0.3) is 0 Å². The minimum Gasteiger partial charge on any atom is -0.383 e. The molecular formula is C10H17N3S. The minimum absolute atomic E-state index is 0.507. The van der Waals surface area contributed by atoms with Crippen LogP contribution in [0.4, 0.5) is 10.8 Å². The van der Waals surface area contributed by atoms with Gasteiger partial charge in [-0.1, -0.05) is 13.8 Å². The predicted octanol–water partition coefficient (Wildman–Crippen LogP) is 2.35. The summed E-state index contributed by atoms with van der Waals surface area (Å²) in [5.41, 5.74) is 6.12. The van der Waals surface area contributed by atoms with Crippen LogP contribution in [0.2, 0.25) is 0 Å². The van der Waals surface area contributed by atoms with Crippen LogP contribution in [-0.2, 0) is 0 Å². The van der Waals surface area contributed by atoms with Crippen LogP contribution < -0.4 is 10.6 Å². The summed E-state index contributed by atoms with van der Waals surface area (Å²) in [4.78, 5) is 2.39. The highest BCUT2D eigenvalue weighted by Crippen LogP contribution is 2.33. The predicted molar refractivity (Wildman–Crippen MR) is 61.8 cm³/mol. The summed E-state index contributed by atoms with van der Waals surface area (Å²) < 4.78 is 4.11. The van der Waals surface area contributed by atoms with E-state index in [0.29, 0.717) is 11.2 Å². The van der Waals surface area contributed by atoms with Gasteiger partial charge in [-0.2, -0.15) is 4.37 Å². The molecule has 78 valence electrons. The Bertz CT molecular complexity index is 309. The maximum Gasteiger partial charge on any atom is 0.139 e. The molecule has 0 aromatic carbocycles. The smallest absolute Gasteiger partial charge is 0.139 e. The van der Waals surface area contributed by atoms with Crippen molar-refractivity contribution in [2.75, 3.05) is 23.7 Å². The van der Waals surface area contributed by atoms with E-state index in [1.165, 1.54) is 29.4 Å². The summed E-state index contributed by atoms with van der Waals surface area (Å²) in [6, 6.07) is 1.98. The monoisotopic (exact) mass is 211 g/mol. The van der Waals surface area contributed by atoms with Crippen molar-refractivity contribution in [1.82, 2.24) is 4.37 Å². The lowest BCUT2D eigenvalue weighted by Crippen LogP contribution is -2.36. The van der Waals surface area contributed by atoms with Gasteiger partial charge in [0.2, 0.25) is 0 Å². The number of nitrogens with zero attached hydrogens (tertiary/aromatic N) is 2. The van der Waals surface area contributed by atoms with Crippen LogP contribution in [0.5, 0.6) is 0 Å². The molecule has 0 atom stereocenters. The van der Waals surface area contributed by atoms with E-state index in [0.717, 1.165) is 13.1 Å². The Hall–Kier alpha value is -0.770. The van der Waals surface area contributed by atoms with Gasteiger partial charge in [0.15, 0.2) is 0 Å². The van der Waals surface area contributed by atoms with Gasteiger partial charge in [-0.3, -0.25) is 0 Å². The van der Waals surface area contributed by atoms with Crippen molar-refractivity contribution in [1.29, 1.82) is 0 Å². The van der Waals surface area contributed by atoms with E-state index in [1.54, 1.807) is 0 Å². The third-order valence-corrected chi connectivity index (χ3v) is 3.81. The van der Waals surface area contributed by atoms with Gasteiger partial charge in [0, 0.05) is 19.2 Å². The molecular weight excluding hydrogens is 194 g/mol. The third kappa shape index (κ3) is 2.00. The van der Waals surface area contributed by atoms with Gasteiger partial charge < -0.3 is 10.6 Å². The second-order valence-corrected chi connectivity index (χ2v) is 5.52. The molecule has 0 amide bonds. The maximum absolute atomic E-state index is 5.61. The van der Waals surface area contributed by atoms with E-state index in [9.17, 15) is 0 Å². The number of anilines is 2. The summed E-state index contributed by atoms with van der Waals surface area (Å²) in [7, 11) is 0. The number of nitrogens with two attached hydrogens (primary N) is 1. The zero-order chi connectivity index (χ0) is 10.2. The summed E-state index contributed by atoms with van der Waals surface area (Å²) in [5, 5.41) is 1.22. The Balaban J connectivity index is 2.02. The normalized spacial score (nSPS) is 21.1. The lowest BCUT2D eigenvalue weighted by molar-refractivity contribution is 0.280. The number of hydrogen-bond donors (Lipinski definition) is 1. The zero-order valence-electron chi connectivity index (χ0n) is 8.79. The Morgan fingerprint density at radius 2 is 2.07 bits per heavy atom. The van der Waals surface area contributed by atoms with Gasteiger partial charge in [-0.25, -0.2) is 0 Å². The average Bonchev–Trinajstić information content (AvgIpc) is 2.52. The van der Waals surface area contributed by atoms with E-state index in [-0.39, 0.29) is 0 Å². The van der Waals surface area contributed by atoms with Crippen molar-refractivity contribution in [2.45, 2.75) is 26.7 Å². The zero-order valence-corrected chi connectivity index (χ0v) is 9.60. The molecule has 1 aromatic heterocycles. The first-order valence-electron chi connectivity index (χ1n) is 5.04. The van der Waals surface area contributed by atoms with Crippen molar-refractivity contribution in [3.05, 3.63) is 6.07 Å². The van der Waals surface area contributed by atoms with Crippen LogP contribution >= 0.6 is 11.5 Å². The van der Waals surface area contributed by atoms with Gasteiger partial charge in [0.1, 0.15) is 10.8 Å². The fraction of sp³-hybridized carbons (Fsp3) is 0.700. The van der Waals surface area contributed by atoms with Crippen LogP contribution in [0, 0.1) is 5.41 Å². The maximum atomic E-state index is 5.61. The van der Waals surface area contributed by atoms with Crippen LogP contribution in [-0.4, -0.2) is 17.5 Å². The molecule has 14 heavy (non-hydrogen) atoms. The second-order valence-electron chi connectivity index (χ2n) is 4.74. The largest absolute Gasteiger partial charge is 0.383 e. The topological polar surface area (TPSA) is 42.1 Å². The number of aromatic nitrogens is 1. The molecule has 0 unspecified atom stereocenters. The molecule has 1 aromatic rings. The minimum atomic E-state index is 0.507. The quantitative estimate of drug-likeness (QED) is 0.775. The molecule has 4 heteroatoms. The second kappa shape index (κ2) is 3.42. The molecule has 1 fully saturated rings. The number of rotatable bonds is 1. The average molecular weight is 211 g/mol. The van der Waals surface area contributed by atoms with Gasteiger partial charge in [-0.15, -0.1) is 0 Å². The van der Waals surface area contributed by atoms with Crippen molar-refractivity contribution >= 4 is 22.4 Å². The molecule has 1 aliphatic heterocycles. The van der Waals surface area contributed by atoms with Crippen LogP contribution in [0.15, 0.2) is 6.07 Å². The Morgan fingerprint density at radius 3 is 2.57 bits per heavy atom. The number of nitrogen functional groups attached to an aromatic ring is 1. The SMILES string of the molecule is CC1(C)CCN(c2cc(N)ns2)CC1. The van der Waals surface area contributed by atoms with Gasteiger partial charge >= 0.3 is 0 Å². The lowest BCUT2D eigenvalue weighted by atomic mass is 9.83. The number of piperidine rings is 1. The van der Waals surface area contributed by atoms with Crippen molar-refractivity contribution in [2.24, 2.45) is 5.41 Å². The molecule has 1 aliphatic rings. The third-order valence-electron chi connectivity index (χ3n) is 2.94. The van der Waals surface area contributed by atoms with Crippen LogP contribution in [0.1, 0.15) is 26.7 Å². The highest BCUT2D eigenvalue weighted by Gasteiger charge is 2.26. The molecule has 2 heterocycles. The molecule has 3 nitrogen and oxygen atoms in total. The van der Waals surface area contributed by atoms with E-state index in [1.807, 2.05) is 6.07 Å². The molecule has 2 rings (SSSR count). The van der Waals surface area contributed by atoms with E-state index in [4.69, 9.17) is 5.73 Å². The van der Waals surface area contributed by atoms with E-state index >= 15 is 0 Å². The standard InChI is InChI=1S/C10H17N3S/c1-10(2)3-5-13(6-4-10)9-7-8(11)12-14-9/h7H,3-6H2,1-2H3,(H2,11,12). The van der Waals surface area contributed by atoms with Crippen molar-refractivity contribution < 1.29 is 0 Å². The Labute approximate surface area is 89.1 Å². The number of hydrogen-bond acceptors (Lipinski definition) is 4. The fourth-order valence-electron chi connectivity index (χ4n) is 1.76. The summed E-state index contributed by atoms with van der Waals surface area (Å²) in [5.74, 6) is 0.648. The Kier molecular flexibility index (Phi) is 2.39. The molecule has 0 spiro atoms. The molecule has 2 N–H and O–H groups in total. The molecule has 1 saturated heterocycles.